The number of hydrogen-bond donors (Lipinski definition) is 5. The molecule has 4 heterocycles. The van der Waals surface area contributed by atoms with E-state index in [1.165, 1.54) is 20.1 Å². The molecule has 6 unspecified atom stereocenters. The number of aromatic amines is 1. The number of Topliss-reactive ketones (excluding diaryl/α,β-unsaturated/α-hetero) is 2. The molecule has 0 radical (unpaired) electrons. The number of methoxy groups -OCH3 is 1. The van der Waals surface area contributed by atoms with Crippen LogP contribution < -0.4 is 19.7 Å². The van der Waals surface area contributed by atoms with Crippen LogP contribution in [0.3, 0.4) is 0 Å². The zero-order valence-electron chi connectivity index (χ0n) is 45.9. The fraction of sp³-hybridized carbons (Fsp3) is 0.279. The number of hydrogen-bond acceptors (Lipinski definition) is 11. The molecule has 13 nitrogen and oxygen atoms in total. The first-order chi connectivity index (χ1) is 39.3. The van der Waals surface area contributed by atoms with Gasteiger partial charge in [-0.15, -0.1) is 0 Å². The van der Waals surface area contributed by atoms with Crippen LogP contribution in [-0.2, 0) is 32.0 Å². The molecule has 0 fully saturated rings. The van der Waals surface area contributed by atoms with Crippen molar-refractivity contribution in [3.63, 3.8) is 0 Å². The van der Waals surface area contributed by atoms with E-state index < -0.39 is 23.5 Å². The second-order valence-electron chi connectivity index (χ2n) is 22.0. The number of ketones is 2. The topological polar surface area (TPSA) is 176 Å². The molecule has 2 aliphatic heterocycles. The molecule has 2 aliphatic carbocycles. The number of allylic oxidation sites excluding steroid dienone is 8. The molecule has 2 aromatic heterocycles. The summed E-state index contributed by atoms with van der Waals surface area (Å²) in [5, 5.41) is 39.3. The maximum atomic E-state index is 15.1. The number of aromatic nitrogens is 2. The molecule has 6 atom stereocenters. The van der Waals surface area contributed by atoms with Gasteiger partial charge in [0.2, 0.25) is 5.75 Å². The lowest BCUT2D eigenvalue weighted by Crippen LogP contribution is -2.38. The number of aromatic hydroxyl groups is 3. The Labute approximate surface area is 472 Å². The summed E-state index contributed by atoms with van der Waals surface area (Å²) < 4.78 is 20.4. The van der Waals surface area contributed by atoms with Gasteiger partial charge in [-0.3, -0.25) is 14.4 Å². The molecule has 81 heavy (non-hydrogen) atoms. The van der Waals surface area contributed by atoms with E-state index in [1.54, 1.807) is 31.2 Å². The van der Waals surface area contributed by atoms with Gasteiger partial charge in [0.25, 0.3) is 0 Å². The van der Waals surface area contributed by atoms with Crippen LogP contribution in [-0.4, -0.2) is 68.7 Å². The largest absolute Gasteiger partial charge is 0.508 e. The minimum atomic E-state index is -0.740. The number of carbonyl (C=O) groups is 3. The summed E-state index contributed by atoms with van der Waals surface area (Å²) in [5.74, 6) is 0.540. The number of dihydropyridines is 1. The standard InChI is InChI=1S/C68H68N4O9/c1-43(73)23-27-72-62-20-10-15-49-41-71(42-60(49)62)63(50-33-64(78)67(65(34-50)79-3)81-57-30-46(29-54(76)37-57)28-45-12-5-4-6-13-45)38-55(77)36-56(80-44(2)74)21-25-68-24-8-7-16-52(68)17-11-19-61(68)59-40-69-39-51(59)32-58(47-14-9-18-53(75)31-47)48-22-26-70-66(72)35-48/h4-16,18-20,22,24,29-31,33-35,37,39-42,52,56,58,61,63,69-70,75-76,78H,17,21,23,25-28,32,36,38H2,1-3H3. The first-order valence-corrected chi connectivity index (χ1v) is 27.9. The van der Waals surface area contributed by atoms with Crippen molar-refractivity contribution in [2.24, 2.45) is 11.3 Å². The van der Waals surface area contributed by atoms with Crippen molar-refractivity contribution in [3.8, 4) is 34.5 Å². The Bertz CT molecular complexity index is 3660. The molecule has 0 saturated carbocycles. The number of nitrogens with zero attached hydrogens (tertiary/aromatic N) is 2. The molecular weight excluding hydrogens is 1020 g/mol. The molecule has 7 aromatic rings. The summed E-state index contributed by atoms with van der Waals surface area (Å²) in [6.45, 7) is 3.86. The molecular formula is C68H68N4O9. The molecule has 5 N–H and O–H groups in total. The van der Waals surface area contributed by atoms with Crippen LogP contribution in [0.15, 0.2) is 188 Å². The molecule has 1 spiro atoms. The number of rotatable bonds is 11. The van der Waals surface area contributed by atoms with Crippen molar-refractivity contribution in [1.29, 1.82) is 0 Å². The third-order valence-electron chi connectivity index (χ3n) is 16.6. The second kappa shape index (κ2) is 23.4. The number of nitrogens with one attached hydrogen (secondary N) is 2. The molecule has 0 amide bonds. The molecule has 5 aromatic carbocycles. The van der Waals surface area contributed by atoms with Gasteiger partial charge in [-0.2, -0.15) is 0 Å². The minimum absolute atomic E-state index is 0.00143. The molecule has 13 heteroatoms. The zero-order chi connectivity index (χ0) is 56.2. The van der Waals surface area contributed by atoms with Gasteiger partial charge < -0.3 is 49.3 Å². The number of H-pyrrole nitrogens is 1. The molecule has 4 bridgehead atoms. The molecule has 414 valence electrons. The van der Waals surface area contributed by atoms with Gasteiger partial charge in [-0.05, 0) is 132 Å². The fourth-order valence-electron chi connectivity index (χ4n) is 12.8. The predicted molar refractivity (Wildman–Crippen MR) is 314 cm³/mol. The van der Waals surface area contributed by atoms with Gasteiger partial charge in [0, 0.05) is 98.2 Å². The summed E-state index contributed by atoms with van der Waals surface area (Å²) in [6, 6.07) is 31.0. The Kier molecular flexibility index (Phi) is 15.6. The average Bonchev–Trinajstić information content (AvgIpc) is 4.36. The van der Waals surface area contributed by atoms with Gasteiger partial charge in [0.1, 0.15) is 40.7 Å². The Morgan fingerprint density at radius 3 is 2.49 bits per heavy atom. The van der Waals surface area contributed by atoms with Gasteiger partial charge in [0.05, 0.1) is 18.8 Å². The smallest absolute Gasteiger partial charge is 0.302 e. The highest BCUT2D eigenvalue weighted by Gasteiger charge is 2.46. The summed E-state index contributed by atoms with van der Waals surface area (Å²) in [5.41, 5.74) is 7.10. The Hall–Kier alpha value is -8.97. The quantitative estimate of drug-likeness (QED) is 0.0616. The Morgan fingerprint density at radius 1 is 0.827 bits per heavy atom. The van der Waals surface area contributed by atoms with Crippen LogP contribution in [0.4, 0.5) is 5.69 Å². The Morgan fingerprint density at radius 2 is 1.68 bits per heavy atom. The van der Waals surface area contributed by atoms with Crippen LogP contribution in [0, 0.1) is 11.3 Å². The lowest BCUT2D eigenvalue weighted by atomic mass is 9.57. The number of phenols is 3. The van der Waals surface area contributed by atoms with Crippen molar-refractivity contribution < 1.29 is 43.9 Å². The highest BCUT2D eigenvalue weighted by Crippen LogP contribution is 2.55. The zero-order valence-corrected chi connectivity index (χ0v) is 45.9. The lowest BCUT2D eigenvalue weighted by molar-refractivity contribution is -0.148. The SMILES string of the molecule is COc1cc(C2CC(=O)CC(OC(C)=O)CCC34C=CC=CC3CC=CC4c3c[nH]cc3CC(c3cccc(O)c3)C3=CCNC(=C3)N(CCC(C)=O)c3cccc4cn2cc34)cc(O)c1Oc1cc(O)cc(Cc2ccccc2)c1. The number of fused-ring (bicyclic) bond motifs is 4. The molecule has 4 aliphatic rings. The van der Waals surface area contributed by atoms with Crippen molar-refractivity contribution in [2.45, 2.75) is 89.2 Å². The van der Waals surface area contributed by atoms with Gasteiger partial charge in [0.15, 0.2) is 11.5 Å². The van der Waals surface area contributed by atoms with Crippen molar-refractivity contribution in [2.75, 3.05) is 25.1 Å². The van der Waals surface area contributed by atoms with Gasteiger partial charge in [-0.25, -0.2) is 0 Å². The van der Waals surface area contributed by atoms with E-state index in [1.807, 2.05) is 83.7 Å². The van der Waals surface area contributed by atoms with E-state index in [-0.39, 0.29) is 77.3 Å². The Balaban J connectivity index is 1.05. The maximum Gasteiger partial charge on any atom is 0.302 e. The molecule has 11 rings (SSSR count). The predicted octanol–water partition coefficient (Wildman–Crippen LogP) is 13.1. The summed E-state index contributed by atoms with van der Waals surface area (Å²) >= 11 is 0. The first-order valence-electron chi connectivity index (χ1n) is 27.9. The van der Waals surface area contributed by atoms with Gasteiger partial charge >= 0.3 is 5.97 Å². The van der Waals surface area contributed by atoms with Crippen molar-refractivity contribution in [1.82, 2.24) is 14.9 Å². The van der Waals surface area contributed by atoms with Gasteiger partial charge in [-0.1, -0.05) is 97.1 Å². The van der Waals surface area contributed by atoms with E-state index in [0.29, 0.717) is 50.1 Å². The number of ether oxygens (including phenoxy) is 3. The third kappa shape index (κ3) is 11.7. The van der Waals surface area contributed by atoms with Crippen LogP contribution in [0.2, 0.25) is 0 Å². The van der Waals surface area contributed by atoms with Crippen LogP contribution in [0.1, 0.15) is 104 Å². The van der Waals surface area contributed by atoms with E-state index in [4.69, 9.17) is 14.2 Å². The number of anilines is 1. The van der Waals surface area contributed by atoms with Crippen LogP contribution in [0.25, 0.3) is 10.8 Å². The van der Waals surface area contributed by atoms with E-state index in [0.717, 1.165) is 62.1 Å². The number of carbonyl (C=O) groups excluding carboxylic acids is 3. The number of benzene rings is 5. The van der Waals surface area contributed by atoms with E-state index >= 15 is 4.79 Å². The average molecular weight is 1090 g/mol. The second-order valence-corrected chi connectivity index (χ2v) is 22.0. The maximum absolute atomic E-state index is 15.1. The van der Waals surface area contributed by atoms with E-state index in [9.17, 15) is 24.9 Å². The normalized spacial score (nSPS) is 21.8. The first kappa shape index (κ1) is 54.0. The van der Waals surface area contributed by atoms with Crippen molar-refractivity contribution >= 4 is 34.0 Å². The van der Waals surface area contributed by atoms with E-state index in [2.05, 4.69) is 82.3 Å². The van der Waals surface area contributed by atoms with Crippen LogP contribution >= 0.6 is 0 Å². The summed E-state index contributed by atoms with van der Waals surface area (Å²) in [7, 11) is 1.48. The monoisotopic (exact) mass is 1080 g/mol. The summed E-state index contributed by atoms with van der Waals surface area (Å²) in [6.07, 6.45) is 28.4. The summed E-state index contributed by atoms with van der Waals surface area (Å²) in [4.78, 5) is 46.7. The highest BCUT2D eigenvalue weighted by atomic mass is 16.5. The molecule has 0 saturated heterocycles. The van der Waals surface area contributed by atoms with Crippen molar-refractivity contribution in [3.05, 3.63) is 221 Å². The fourth-order valence-corrected chi connectivity index (χ4v) is 12.8. The van der Waals surface area contributed by atoms with Crippen LogP contribution in [0.5, 0.6) is 34.5 Å². The number of esters is 1. The third-order valence-corrected chi connectivity index (χ3v) is 16.6. The highest BCUT2D eigenvalue weighted by molar-refractivity contribution is 5.95. The minimum Gasteiger partial charge on any atom is -0.508 e. The lowest BCUT2D eigenvalue weighted by Gasteiger charge is -2.47. The number of phenolic OH excluding ortho intramolecular Hbond substituents is 3.